The number of halogens is 1. The fourth-order valence-electron chi connectivity index (χ4n) is 5.49. The van der Waals surface area contributed by atoms with E-state index < -0.39 is 0 Å². The van der Waals surface area contributed by atoms with Crippen LogP contribution in [-0.4, -0.2) is 20.4 Å². The highest BCUT2D eigenvalue weighted by Gasteiger charge is 2.60. The van der Waals surface area contributed by atoms with Crippen molar-refractivity contribution in [3.63, 3.8) is 0 Å². The van der Waals surface area contributed by atoms with Gasteiger partial charge in [0.2, 0.25) is 5.82 Å². The highest BCUT2D eigenvalue weighted by molar-refractivity contribution is 9.10. The zero-order valence-electron chi connectivity index (χ0n) is 13.7. The molecule has 4 bridgehead atoms. The van der Waals surface area contributed by atoms with Crippen LogP contribution in [0.2, 0.25) is 0 Å². The van der Waals surface area contributed by atoms with Crippen molar-refractivity contribution >= 4 is 33.2 Å². The molecular weight excluding hydrogens is 404 g/mol. The maximum atomic E-state index is 12.9. The van der Waals surface area contributed by atoms with E-state index in [4.69, 9.17) is 9.26 Å². The summed E-state index contributed by atoms with van der Waals surface area (Å²) in [6, 6.07) is 3.87. The molecule has 2 heterocycles. The normalized spacial score (nSPS) is 35.9. The van der Waals surface area contributed by atoms with Gasteiger partial charge in [-0.2, -0.15) is 4.98 Å². The summed E-state index contributed by atoms with van der Waals surface area (Å²) in [5.74, 6) is 2.14. The molecule has 0 saturated heterocycles. The number of hydrogen-bond acceptors (Lipinski definition) is 6. The molecule has 132 valence electrons. The number of nitrogens with zero attached hydrogens (tertiary/aromatic N) is 2. The van der Waals surface area contributed by atoms with Crippen LogP contribution in [-0.2, 0) is 16.1 Å². The molecular formula is C18H19BrN2O3S. The van der Waals surface area contributed by atoms with Gasteiger partial charge in [-0.15, -0.1) is 11.3 Å². The second kappa shape index (κ2) is 5.64. The van der Waals surface area contributed by atoms with Gasteiger partial charge < -0.3 is 9.26 Å². The van der Waals surface area contributed by atoms with E-state index in [1.54, 1.807) is 11.3 Å². The minimum atomic E-state index is -0.312. The summed E-state index contributed by atoms with van der Waals surface area (Å²) in [5, 5.41) is 5.90. The third kappa shape index (κ3) is 2.76. The van der Waals surface area contributed by atoms with Gasteiger partial charge in [-0.1, -0.05) is 27.2 Å². The maximum Gasteiger partial charge on any atom is 0.312 e. The van der Waals surface area contributed by atoms with Crippen LogP contribution in [0.15, 0.2) is 22.0 Å². The van der Waals surface area contributed by atoms with E-state index in [0.29, 0.717) is 23.6 Å². The SMILES string of the molecule is O=C(OCc1noc(-c2cccs2)n1)C12CC3CC(CC(Br)(C3)C1)C2. The lowest BCUT2D eigenvalue weighted by Gasteiger charge is -2.58. The molecule has 6 rings (SSSR count). The van der Waals surface area contributed by atoms with Crippen molar-refractivity contribution in [2.24, 2.45) is 17.3 Å². The van der Waals surface area contributed by atoms with Gasteiger partial charge in [0.25, 0.3) is 5.89 Å². The molecule has 4 aliphatic carbocycles. The van der Waals surface area contributed by atoms with Crippen LogP contribution in [0, 0.1) is 17.3 Å². The van der Waals surface area contributed by atoms with Crippen LogP contribution in [0.5, 0.6) is 0 Å². The minimum absolute atomic E-state index is 0.0760. The quantitative estimate of drug-likeness (QED) is 0.532. The zero-order valence-corrected chi connectivity index (χ0v) is 16.1. The lowest BCUT2D eigenvalue weighted by Crippen LogP contribution is -2.56. The largest absolute Gasteiger partial charge is 0.457 e. The Bertz CT molecular complexity index is 789. The van der Waals surface area contributed by atoms with Gasteiger partial charge in [-0.25, -0.2) is 0 Å². The zero-order chi connectivity index (χ0) is 17.1. The van der Waals surface area contributed by atoms with Crippen molar-refractivity contribution in [3.8, 4) is 10.8 Å². The summed E-state index contributed by atoms with van der Waals surface area (Å²) in [7, 11) is 0. The van der Waals surface area contributed by atoms with E-state index in [9.17, 15) is 4.79 Å². The topological polar surface area (TPSA) is 65.2 Å². The van der Waals surface area contributed by atoms with Crippen LogP contribution in [0.3, 0.4) is 0 Å². The maximum absolute atomic E-state index is 12.9. The summed E-state index contributed by atoms with van der Waals surface area (Å²) < 4.78 is 11.1. The van der Waals surface area contributed by atoms with Crippen LogP contribution in [0.4, 0.5) is 0 Å². The lowest BCUT2D eigenvalue weighted by molar-refractivity contribution is -0.171. The molecule has 5 nitrogen and oxygen atoms in total. The monoisotopic (exact) mass is 422 g/mol. The number of ether oxygens (including phenoxy) is 1. The van der Waals surface area contributed by atoms with Gasteiger partial charge in [-0.05, 0) is 61.8 Å². The third-order valence-corrected chi connectivity index (χ3v) is 7.74. The first-order chi connectivity index (χ1) is 12.0. The summed E-state index contributed by atoms with van der Waals surface area (Å²) in [6.45, 7) is 0.0834. The Balaban J connectivity index is 1.28. The smallest absolute Gasteiger partial charge is 0.312 e. The molecule has 4 aliphatic rings. The Morgan fingerprint density at radius 1 is 1.36 bits per heavy atom. The Hall–Kier alpha value is -1.21. The van der Waals surface area contributed by atoms with Crippen LogP contribution < -0.4 is 0 Å². The molecule has 4 saturated carbocycles. The molecule has 4 fully saturated rings. The number of rotatable bonds is 4. The molecule has 7 heteroatoms. The third-order valence-electron chi connectivity index (χ3n) is 5.96. The van der Waals surface area contributed by atoms with Crippen molar-refractivity contribution in [1.29, 1.82) is 0 Å². The Morgan fingerprint density at radius 3 is 2.84 bits per heavy atom. The number of thiophene rings is 1. The molecule has 0 aliphatic heterocycles. The van der Waals surface area contributed by atoms with Gasteiger partial charge in [0.15, 0.2) is 6.61 Å². The molecule has 0 radical (unpaired) electrons. The number of carbonyl (C=O) groups is 1. The molecule has 0 aromatic carbocycles. The van der Waals surface area contributed by atoms with Crippen molar-refractivity contribution in [2.75, 3.05) is 0 Å². The highest BCUT2D eigenvalue weighted by atomic mass is 79.9. The Labute approximate surface area is 158 Å². The van der Waals surface area contributed by atoms with E-state index in [1.807, 2.05) is 17.5 Å². The van der Waals surface area contributed by atoms with E-state index >= 15 is 0 Å². The van der Waals surface area contributed by atoms with Crippen LogP contribution >= 0.6 is 27.3 Å². The first-order valence-electron chi connectivity index (χ1n) is 8.76. The summed E-state index contributed by atoms with van der Waals surface area (Å²) in [6.07, 6.45) is 6.53. The van der Waals surface area contributed by atoms with Crippen molar-refractivity contribution in [2.45, 2.75) is 49.5 Å². The number of alkyl halides is 1. The van der Waals surface area contributed by atoms with Crippen LogP contribution in [0.25, 0.3) is 10.8 Å². The number of aromatic nitrogens is 2. The molecule has 2 unspecified atom stereocenters. The van der Waals surface area contributed by atoms with E-state index in [2.05, 4.69) is 26.1 Å². The molecule has 2 aromatic rings. The summed E-state index contributed by atoms with van der Waals surface area (Å²) in [5.41, 5.74) is -0.312. The average molecular weight is 423 g/mol. The van der Waals surface area contributed by atoms with Gasteiger partial charge >= 0.3 is 5.97 Å². The molecule has 0 amide bonds. The van der Waals surface area contributed by atoms with E-state index in [0.717, 1.165) is 24.1 Å². The fraction of sp³-hybridized carbons (Fsp3) is 0.611. The van der Waals surface area contributed by atoms with E-state index in [-0.39, 0.29) is 22.3 Å². The lowest BCUT2D eigenvalue weighted by atomic mass is 9.49. The first kappa shape index (κ1) is 16.0. The van der Waals surface area contributed by atoms with Crippen molar-refractivity contribution < 1.29 is 14.1 Å². The predicted octanol–water partition coefficient (Wildman–Crippen LogP) is 4.58. The molecule has 0 spiro atoms. The Kier molecular flexibility index (Phi) is 3.61. The molecule has 2 atom stereocenters. The fourth-order valence-corrected chi connectivity index (χ4v) is 7.58. The van der Waals surface area contributed by atoms with Gasteiger partial charge in [0.05, 0.1) is 10.3 Å². The predicted molar refractivity (Wildman–Crippen MR) is 96.2 cm³/mol. The molecule has 0 N–H and O–H groups in total. The standard InChI is InChI=1S/C18H19BrN2O3S/c19-18-7-11-4-12(8-18)6-17(5-11,10-18)16(22)23-9-14-20-15(24-21-14)13-2-1-3-25-13/h1-3,11-12H,4-10H2. The number of esters is 1. The first-order valence-corrected chi connectivity index (χ1v) is 10.4. The van der Waals surface area contributed by atoms with Crippen molar-refractivity contribution in [3.05, 3.63) is 23.3 Å². The second-order valence-corrected chi connectivity index (χ2v) is 10.6. The van der Waals surface area contributed by atoms with Gasteiger partial charge in [0.1, 0.15) is 0 Å². The van der Waals surface area contributed by atoms with Crippen LogP contribution in [0.1, 0.15) is 44.3 Å². The molecule has 25 heavy (non-hydrogen) atoms. The average Bonchev–Trinajstić information content (AvgIpc) is 3.21. The molecule has 2 aromatic heterocycles. The second-order valence-electron chi connectivity index (χ2n) is 7.96. The summed E-state index contributed by atoms with van der Waals surface area (Å²) in [4.78, 5) is 18.2. The van der Waals surface area contributed by atoms with Gasteiger partial charge in [-0.3, -0.25) is 4.79 Å². The highest BCUT2D eigenvalue weighted by Crippen LogP contribution is 2.64. The van der Waals surface area contributed by atoms with Gasteiger partial charge in [0, 0.05) is 4.32 Å². The minimum Gasteiger partial charge on any atom is -0.457 e. The van der Waals surface area contributed by atoms with Crippen molar-refractivity contribution in [1.82, 2.24) is 10.1 Å². The Morgan fingerprint density at radius 2 is 2.16 bits per heavy atom. The number of carbonyl (C=O) groups excluding carboxylic acids is 1. The number of hydrogen-bond donors (Lipinski definition) is 0. The summed E-state index contributed by atoms with van der Waals surface area (Å²) >= 11 is 5.48. The van der Waals surface area contributed by atoms with E-state index in [1.165, 1.54) is 19.3 Å².